The molecule has 0 bridgehead atoms. The van der Waals surface area contributed by atoms with E-state index in [0.29, 0.717) is 11.3 Å². The molecule has 0 spiro atoms. The summed E-state index contributed by atoms with van der Waals surface area (Å²) in [6.45, 7) is 0. The average Bonchev–Trinajstić information content (AvgIpc) is 2.18. The number of hydrogen-bond acceptors (Lipinski definition) is 2. The fourth-order valence-corrected chi connectivity index (χ4v) is 1.23. The molecule has 0 atom stereocenters. The van der Waals surface area contributed by atoms with Gasteiger partial charge in [0.05, 0.1) is 0 Å². The molecule has 15 heavy (non-hydrogen) atoms. The highest BCUT2D eigenvalue weighted by Crippen LogP contribution is 2.10. The van der Waals surface area contributed by atoms with Gasteiger partial charge in [-0.15, -0.1) is 11.6 Å². The van der Waals surface area contributed by atoms with Gasteiger partial charge in [0.2, 0.25) is 11.8 Å². The lowest BCUT2D eigenvalue weighted by Gasteiger charge is -2.04. The number of nitrogens with two attached hydrogens (primary N) is 1. The summed E-state index contributed by atoms with van der Waals surface area (Å²) >= 11 is 5.41. The van der Waals surface area contributed by atoms with Crippen molar-refractivity contribution in [2.45, 2.75) is 6.42 Å². The Hall–Kier alpha value is -1.55. The van der Waals surface area contributed by atoms with Crippen LogP contribution < -0.4 is 11.1 Å². The standard InChI is InChI=1S/C10H11ClN2O2/c11-5-4-9(14)13-8-3-1-2-7(6-8)10(12)15/h1-3,6H,4-5H2,(H2,12,15)(H,13,14). The summed E-state index contributed by atoms with van der Waals surface area (Å²) in [6, 6.07) is 6.43. The highest BCUT2D eigenvalue weighted by molar-refractivity contribution is 6.19. The molecule has 80 valence electrons. The molecule has 0 fully saturated rings. The zero-order valence-corrected chi connectivity index (χ0v) is 8.75. The number of nitrogens with one attached hydrogen (secondary N) is 1. The number of carbonyl (C=O) groups excluding carboxylic acids is 2. The lowest BCUT2D eigenvalue weighted by atomic mass is 10.2. The van der Waals surface area contributed by atoms with E-state index in [1.165, 1.54) is 6.07 Å². The molecule has 0 radical (unpaired) electrons. The second kappa shape index (κ2) is 5.36. The lowest BCUT2D eigenvalue weighted by Crippen LogP contribution is -2.14. The van der Waals surface area contributed by atoms with Gasteiger partial charge in [-0.05, 0) is 18.2 Å². The Morgan fingerprint density at radius 1 is 1.40 bits per heavy atom. The van der Waals surface area contributed by atoms with E-state index in [0.717, 1.165) is 0 Å². The number of hydrogen-bond donors (Lipinski definition) is 2. The summed E-state index contributed by atoms with van der Waals surface area (Å²) in [5.41, 5.74) is 6.00. The molecule has 0 aromatic heterocycles. The number of benzene rings is 1. The smallest absolute Gasteiger partial charge is 0.248 e. The fourth-order valence-electron chi connectivity index (χ4n) is 1.06. The zero-order chi connectivity index (χ0) is 11.3. The predicted molar refractivity (Wildman–Crippen MR) is 58.9 cm³/mol. The maximum absolute atomic E-state index is 11.2. The third-order valence-corrected chi connectivity index (χ3v) is 1.94. The Morgan fingerprint density at radius 2 is 2.13 bits per heavy atom. The minimum Gasteiger partial charge on any atom is -0.366 e. The third kappa shape index (κ3) is 3.59. The van der Waals surface area contributed by atoms with E-state index in [1.54, 1.807) is 18.2 Å². The molecule has 1 aromatic rings. The van der Waals surface area contributed by atoms with Crippen LogP contribution in [0.15, 0.2) is 24.3 Å². The van der Waals surface area contributed by atoms with Gasteiger partial charge in [-0.25, -0.2) is 0 Å². The van der Waals surface area contributed by atoms with Gasteiger partial charge >= 0.3 is 0 Å². The van der Waals surface area contributed by atoms with Crippen LogP contribution in [0.3, 0.4) is 0 Å². The van der Waals surface area contributed by atoms with Crippen molar-refractivity contribution >= 4 is 29.1 Å². The first-order valence-electron chi connectivity index (χ1n) is 4.39. The molecule has 5 heteroatoms. The molecule has 3 N–H and O–H groups in total. The molecule has 0 aliphatic heterocycles. The minimum absolute atomic E-state index is 0.188. The molecule has 0 saturated heterocycles. The number of rotatable bonds is 4. The molecular formula is C10H11ClN2O2. The number of alkyl halides is 1. The second-order valence-corrected chi connectivity index (χ2v) is 3.31. The number of amides is 2. The van der Waals surface area contributed by atoms with E-state index in [1.807, 2.05) is 0 Å². The van der Waals surface area contributed by atoms with Gasteiger partial charge in [0.25, 0.3) is 0 Å². The quantitative estimate of drug-likeness (QED) is 0.761. The summed E-state index contributed by atoms with van der Waals surface area (Å²) < 4.78 is 0. The van der Waals surface area contributed by atoms with E-state index in [2.05, 4.69) is 5.32 Å². The Morgan fingerprint density at radius 3 is 2.73 bits per heavy atom. The van der Waals surface area contributed by atoms with Crippen molar-refractivity contribution in [3.05, 3.63) is 29.8 Å². The fraction of sp³-hybridized carbons (Fsp3) is 0.200. The largest absolute Gasteiger partial charge is 0.366 e. The van der Waals surface area contributed by atoms with Crippen molar-refractivity contribution in [2.24, 2.45) is 5.73 Å². The summed E-state index contributed by atoms with van der Waals surface area (Å²) in [5, 5.41) is 2.61. The molecular weight excluding hydrogens is 216 g/mol. The molecule has 2 amide bonds. The van der Waals surface area contributed by atoms with Crippen molar-refractivity contribution in [2.75, 3.05) is 11.2 Å². The summed E-state index contributed by atoms with van der Waals surface area (Å²) in [5.74, 6) is -0.448. The molecule has 0 aliphatic rings. The van der Waals surface area contributed by atoms with Crippen LogP contribution in [-0.4, -0.2) is 17.7 Å². The normalized spacial score (nSPS) is 9.67. The first-order valence-corrected chi connectivity index (χ1v) is 4.92. The van der Waals surface area contributed by atoms with E-state index >= 15 is 0 Å². The Balaban J connectivity index is 2.73. The number of primary amides is 1. The van der Waals surface area contributed by atoms with Crippen LogP contribution in [0.25, 0.3) is 0 Å². The first kappa shape index (κ1) is 11.5. The molecule has 0 unspecified atom stereocenters. The summed E-state index contributed by atoms with van der Waals surface area (Å²) in [4.78, 5) is 22.0. The minimum atomic E-state index is -0.525. The van der Waals surface area contributed by atoms with E-state index < -0.39 is 5.91 Å². The van der Waals surface area contributed by atoms with Crippen LogP contribution in [0.2, 0.25) is 0 Å². The highest BCUT2D eigenvalue weighted by atomic mass is 35.5. The van der Waals surface area contributed by atoms with Gasteiger partial charge in [-0.1, -0.05) is 6.07 Å². The van der Waals surface area contributed by atoms with Crippen LogP contribution in [0.1, 0.15) is 16.8 Å². The van der Waals surface area contributed by atoms with E-state index in [-0.39, 0.29) is 18.2 Å². The van der Waals surface area contributed by atoms with Gasteiger partial charge in [0.1, 0.15) is 0 Å². The van der Waals surface area contributed by atoms with Gasteiger partial charge < -0.3 is 11.1 Å². The average molecular weight is 227 g/mol. The maximum atomic E-state index is 11.2. The Kier molecular flexibility index (Phi) is 4.12. The second-order valence-electron chi connectivity index (χ2n) is 2.93. The number of halogens is 1. The molecule has 1 rings (SSSR count). The first-order chi connectivity index (χ1) is 7.13. The molecule has 0 heterocycles. The van der Waals surface area contributed by atoms with Gasteiger partial charge in [0.15, 0.2) is 0 Å². The van der Waals surface area contributed by atoms with Crippen molar-refractivity contribution in [1.82, 2.24) is 0 Å². The van der Waals surface area contributed by atoms with Crippen molar-refractivity contribution < 1.29 is 9.59 Å². The highest BCUT2D eigenvalue weighted by Gasteiger charge is 2.04. The van der Waals surface area contributed by atoms with E-state index in [4.69, 9.17) is 17.3 Å². The van der Waals surface area contributed by atoms with Crippen LogP contribution in [-0.2, 0) is 4.79 Å². The lowest BCUT2D eigenvalue weighted by molar-refractivity contribution is -0.115. The topological polar surface area (TPSA) is 72.2 Å². The van der Waals surface area contributed by atoms with Gasteiger partial charge in [-0.3, -0.25) is 9.59 Å². The van der Waals surface area contributed by atoms with Crippen molar-refractivity contribution in [3.63, 3.8) is 0 Å². The zero-order valence-electron chi connectivity index (χ0n) is 8.00. The Bertz CT molecular complexity index is 379. The monoisotopic (exact) mass is 226 g/mol. The SMILES string of the molecule is NC(=O)c1cccc(NC(=O)CCCl)c1. The predicted octanol–water partition coefficient (Wildman–Crippen LogP) is 1.35. The molecule has 4 nitrogen and oxygen atoms in total. The molecule has 0 aliphatic carbocycles. The van der Waals surface area contributed by atoms with Crippen LogP contribution in [0, 0.1) is 0 Å². The van der Waals surface area contributed by atoms with Crippen LogP contribution in [0.5, 0.6) is 0 Å². The van der Waals surface area contributed by atoms with Crippen molar-refractivity contribution in [1.29, 1.82) is 0 Å². The van der Waals surface area contributed by atoms with Gasteiger partial charge in [0, 0.05) is 23.6 Å². The Labute approximate surface area is 92.4 Å². The number of carbonyl (C=O) groups is 2. The molecule has 0 saturated carbocycles. The van der Waals surface area contributed by atoms with Crippen molar-refractivity contribution in [3.8, 4) is 0 Å². The molecule has 1 aromatic carbocycles. The van der Waals surface area contributed by atoms with Crippen LogP contribution in [0.4, 0.5) is 5.69 Å². The third-order valence-electron chi connectivity index (χ3n) is 1.75. The van der Waals surface area contributed by atoms with E-state index in [9.17, 15) is 9.59 Å². The summed E-state index contributed by atoms with van der Waals surface area (Å²) in [7, 11) is 0. The maximum Gasteiger partial charge on any atom is 0.248 e. The van der Waals surface area contributed by atoms with Gasteiger partial charge in [-0.2, -0.15) is 0 Å². The summed E-state index contributed by atoms with van der Waals surface area (Å²) in [6.07, 6.45) is 0.238. The van der Waals surface area contributed by atoms with Crippen LogP contribution >= 0.6 is 11.6 Å². The number of anilines is 1.